The number of hydrogen-bond donors (Lipinski definition) is 2. The number of nitrogens with two attached hydrogens (primary N) is 1. The lowest BCUT2D eigenvalue weighted by molar-refractivity contribution is -0.124. The van der Waals surface area contributed by atoms with Gasteiger partial charge >= 0.3 is 0 Å². The van der Waals surface area contributed by atoms with Gasteiger partial charge in [-0.3, -0.25) is 14.4 Å². The highest BCUT2D eigenvalue weighted by atomic mass is 19.1. The maximum Gasteiger partial charge on any atom is 0.298 e. The van der Waals surface area contributed by atoms with Crippen LogP contribution in [0.25, 0.3) is 10.8 Å². The van der Waals surface area contributed by atoms with Gasteiger partial charge in [0.2, 0.25) is 5.88 Å². The number of halogens is 1. The first-order chi connectivity index (χ1) is 16.2. The van der Waals surface area contributed by atoms with Crippen molar-refractivity contribution in [2.75, 3.05) is 27.8 Å². The maximum absolute atomic E-state index is 14.0. The van der Waals surface area contributed by atoms with E-state index < -0.39 is 29.8 Å². The second kappa shape index (κ2) is 10.4. The lowest BCUT2D eigenvalue weighted by atomic mass is 9.94. The molecule has 1 aliphatic rings. The number of nitrogens with zero attached hydrogens (tertiary/aromatic N) is 2. The van der Waals surface area contributed by atoms with Gasteiger partial charge in [-0.2, -0.15) is 0 Å². The molecule has 3 atom stereocenters. The molecule has 2 aromatic rings. The average Bonchev–Trinajstić information content (AvgIpc) is 3.09. The van der Waals surface area contributed by atoms with Crippen molar-refractivity contribution >= 4 is 28.5 Å². The molecule has 0 aliphatic carbocycles. The van der Waals surface area contributed by atoms with Gasteiger partial charge in [0.05, 0.1) is 24.8 Å². The SMILES string of the molecule is CC[C@@H]1[C@H](F)C(=O)N[C@@H]1CCOc1ncc(C#CC(=O)N(C)C)c2cc(C(N)=O)c(OC)cc12. The molecular weight excluding hydrogens is 443 g/mol. The fourth-order valence-corrected chi connectivity index (χ4v) is 3.88. The maximum atomic E-state index is 14.0. The summed E-state index contributed by atoms with van der Waals surface area (Å²) in [5, 5.41) is 3.67. The molecule has 0 radical (unpaired) electrons. The summed E-state index contributed by atoms with van der Waals surface area (Å²) in [6, 6.07) is 2.75. The van der Waals surface area contributed by atoms with E-state index >= 15 is 0 Å². The number of fused-ring (bicyclic) bond motifs is 1. The molecule has 0 saturated carbocycles. The second-order valence-electron chi connectivity index (χ2n) is 8.12. The second-order valence-corrected chi connectivity index (χ2v) is 8.12. The summed E-state index contributed by atoms with van der Waals surface area (Å²) in [7, 11) is 4.57. The topological polar surface area (TPSA) is 124 Å². The van der Waals surface area contributed by atoms with E-state index in [9.17, 15) is 18.8 Å². The van der Waals surface area contributed by atoms with E-state index in [1.807, 2.05) is 6.92 Å². The molecule has 1 aromatic carbocycles. The van der Waals surface area contributed by atoms with Gasteiger partial charge in [-0.05, 0) is 18.6 Å². The molecule has 9 nitrogen and oxygen atoms in total. The van der Waals surface area contributed by atoms with Crippen LogP contribution in [0.4, 0.5) is 4.39 Å². The molecule has 0 unspecified atom stereocenters. The number of methoxy groups -OCH3 is 1. The van der Waals surface area contributed by atoms with Crippen molar-refractivity contribution in [2.24, 2.45) is 11.7 Å². The molecule has 3 amide bonds. The van der Waals surface area contributed by atoms with E-state index in [0.717, 1.165) is 0 Å². The third kappa shape index (κ3) is 5.03. The Morgan fingerprint density at radius 1 is 1.29 bits per heavy atom. The van der Waals surface area contributed by atoms with Gasteiger partial charge in [-0.25, -0.2) is 9.37 Å². The van der Waals surface area contributed by atoms with Crippen molar-refractivity contribution in [3.05, 3.63) is 29.5 Å². The highest BCUT2D eigenvalue weighted by molar-refractivity contribution is 6.03. The van der Waals surface area contributed by atoms with Crippen LogP contribution in [0.2, 0.25) is 0 Å². The summed E-state index contributed by atoms with van der Waals surface area (Å²) in [4.78, 5) is 41.2. The Balaban J connectivity index is 1.95. The van der Waals surface area contributed by atoms with Crippen LogP contribution < -0.4 is 20.5 Å². The standard InChI is InChI=1S/C24H27FN4O5/c1-5-14-18(28-23(32)21(14)25)8-9-34-24-16-11-19(33-4)17(22(26)31)10-15(16)13(12-27-24)6-7-20(30)29(2)3/h10-12,14,18,21H,5,8-9H2,1-4H3,(H2,26,31)(H,28,32)/t14-,18+,21-/m0/s1. The van der Waals surface area contributed by atoms with Crippen LogP contribution in [-0.4, -0.2) is 67.6 Å². The fraction of sp³-hybridized carbons (Fsp3) is 0.417. The number of pyridine rings is 1. The summed E-state index contributed by atoms with van der Waals surface area (Å²) < 4.78 is 25.2. The first kappa shape index (κ1) is 24.8. The van der Waals surface area contributed by atoms with E-state index in [1.54, 1.807) is 20.2 Å². The number of carbonyl (C=O) groups is 3. The van der Waals surface area contributed by atoms with Crippen molar-refractivity contribution in [2.45, 2.75) is 32.0 Å². The number of rotatable bonds is 7. The van der Waals surface area contributed by atoms with E-state index in [-0.39, 0.29) is 29.8 Å². The van der Waals surface area contributed by atoms with Gasteiger partial charge in [0.1, 0.15) is 5.75 Å². The molecule has 10 heteroatoms. The van der Waals surface area contributed by atoms with Crippen LogP contribution in [-0.2, 0) is 9.59 Å². The zero-order valence-electron chi connectivity index (χ0n) is 19.5. The van der Waals surface area contributed by atoms with E-state index in [2.05, 4.69) is 22.1 Å². The molecule has 34 heavy (non-hydrogen) atoms. The molecule has 1 aliphatic heterocycles. The Morgan fingerprint density at radius 3 is 2.65 bits per heavy atom. The Bertz CT molecular complexity index is 1190. The first-order valence-electron chi connectivity index (χ1n) is 10.8. The quantitative estimate of drug-likeness (QED) is 0.590. The first-order valence-corrected chi connectivity index (χ1v) is 10.8. The normalized spacial score (nSPS) is 19.2. The van der Waals surface area contributed by atoms with E-state index in [0.29, 0.717) is 29.2 Å². The summed E-state index contributed by atoms with van der Waals surface area (Å²) in [6.45, 7) is 2.00. The Kier molecular flexibility index (Phi) is 7.56. The summed E-state index contributed by atoms with van der Waals surface area (Å²) in [5.41, 5.74) is 6.04. The number of hydrogen-bond acceptors (Lipinski definition) is 6. The van der Waals surface area contributed by atoms with Crippen molar-refractivity contribution in [1.29, 1.82) is 0 Å². The van der Waals surface area contributed by atoms with Gasteiger partial charge in [0.25, 0.3) is 17.7 Å². The van der Waals surface area contributed by atoms with Crippen molar-refractivity contribution in [3.63, 3.8) is 0 Å². The minimum Gasteiger partial charge on any atom is -0.496 e. The van der Waals surface area contributed by atoms with E-state index in [1.165, 1.54) is 24.3 Å². The molecule has 3 N–H and O–H groups in total. The zero-order chi connectivity index (χ0) is 25.0. The van der Waals surface area contributed by atoms with Gasteiger partial charge < -0.3 is 25.4 Å². The molecule has 3 rings (SSSR count). The number of nitrogens with one attached hydrogen (secondary N) is 1. The van der Waals surface area contributed by atoms with Crippen molar-refractivity contribution in [3.8, 4) is 23.5 Å². The summed E-state index contributed by atoms with van der Waals surface area (Å²) in [6.07, 6.45) is 0.837. The number of aromatic nitrogens is 1. The minimum atomic E-state index is -1.52. The van der Waals surface area contributed by atoms with Crippen LogP contribution in [0.1, 0.15) is 35.7 Å². The lowest BCUT2D eigenvalue weighted by Crippen LogP contribution is -2.30. The third-order valence-corrected chi connectivity index (χ3v) is 5.76. The summed E-state index contributed by atoms with van der Waals surface area (Å²) >= 11 is 0. The Hall–Kier alpha value is -3.87. The van der Waals surface area contributed by atoms with Gasteiger partial charge in [0.15, 0.2) is 6.17 Å². The molecule has 1 fully saturated rings. The molecular formula is C24H27FN4O5. The number of alkyl halides is 1. The fourth-order valence-electron chi connectivity index (χ4n) is 3.88. The number of benzene rings is 1. The number of carbonyl (C=O) groups excluding carboxylic acids is 3. The van der Waals surface area contributed by atoms with Crippen molar-refractivity contribution in [1.82, 2.24) is 15.2 Å². The zero-order valence-corrected chi connectivity index (χ0v) is 19.5. The monoisotopic (exact) mass is 470 g/mol. The smallest absolute Gasteiger partial charge is 0.298 e. The molecule has 1 saturated heterocycles. The van der Waals surface area contributed by atoms with Crippen LogP contribution in [0.5, 0.6) is 11.6 Å². The largest absolute Gasteiger partial charge is 0.496 e. The predicted octanol–water partition coefficient (Wildman–Crippen LogP) is 1.41. The third-order valence-electron chi connectivity index (χ3n) is 5.76. The Morgan fingerprint density at radius 2 is 2.03 bits per heavy atom. The minimum absolute atomic E-state index is 0.141. The number of ether oxygens (including phenoxy) is 2. The molecule has 180 valence electrons. The van der Waals surface area contributed by atoms with Crippen LogP contribution >= 0.6 is 0 Å². The van der Waals surface area contributed by atoms with Crippen LogP contribution in [0.3, 0.4) is 0 Å². The van der Waals surface area contributed by atoms with Crippen LogP contribution in [0, 0.1) is 17.8 Å². The molecule has 0 spiro atoms. The predicted molar refractivity (Wildman–Crippen MR) is 123 cm³/mol. The highest BCUT2D eigenvalue weighted by Gasteiger charge is 2.41. The van der Waals surface area contributed by atoms with Gasteiger partial charge in [-0.15, -0.1) is 0 Å². The summed E-state index contributed by atoms with van der Waals surface area (Å²) in [5.74, 6) is 3.68. The lowest BCUT2D eigenvalue weighted by Gasteiger charge is -2.18. The van der Waals surface area contributed by atoms with Gasteiger partial charge in [-0.1, -0.05) is 12.8 Å². The van der Waals surface area contributed by atoms with E-state index in [4.69, 9.17) is 15.2 Å². The van der Waals surface area contributed by atoms with Crippen molar-refractivity contribution < 1.29 is 28.2 Å². The van der Waals surface area contributed by atoms with Gasteiger partial charge in [0, 0.05) is 55.4 Å². The number of primary amides is 1. The molecule has 1 aromatic heterocycles. The Labute approximate surface area is 196 Å². The average molecular weight is 471 g/mol. The highest BCUT2D eigenvalue weighted by Crippen LogP contribution is 2.33. The number of amides is 3. The molecule has 0 bridgehead atoms. The molecule has 2 heterocycles. The van der Waals surface area contributed by atoms with Crippen LogP contribution in [0.15, 0.2) is 18.3 Å².